The third kappa shape index (κ3) is 2.69. The molecule has 1 unspecified atom stereocenters. The molecule has 1 saturated carbocycles. The molecule has 0 saturated heterocycles. The van der Waals surface area contributed by atoms with Gasteiger partial charge in [-0.3, -0.25) is 9.59 Å². The van der Waals surface area contributed by atoms with E-state index in [2.05, 4.69) is 19.2 Å². The zero-order valence-electron chi connectivity index (χ0n) is 13.0. The van der Waals surface area contributed by atoms with E-state index in [4.69, 9.17) is 0 Å². The van der Waals surface area contributed by atoms with E-state index in [-0.39, 0.29) is 11.5 Å². The van der Waals surface area contributed by atoms with Crippen LogP contribution in [-0.4, -0.2) is 24.4 Å². The molecule has 1 fully saturated rings. The number of aromatic nitrogens is 4. The van der Waals surface area contributed by atoms with Crippen molar-refractivity contribution in [2.24, 2.45) is 0 Å². The Labute approximate surface area is 141 Å². The fraction of sp³-hybridized carbons (Fsp3) is 0.312. The first-order valence-corrected chi connectivity index (χ1v) is 8.48. The van der Waals surface area contributed by atoms with E-state index in [9.17, 15) is 9.59 Å². The second-order valence-electron chi connectivity index (χ2n) is 5.92. The molecule has 0 aliphatic heterocycles. The Balaban J connectivity index is 1.61. The molecule has 2 aromatic heterocycles. The number of benzene rings is 1. The van der Waals surface area contributed by atoms with Gasteiger partial charge in [0, 0.05) is 12.0 Å². The molecule has 0 radical (unpaired) electrons. The third-order valence-electron chi connectivity index (χ3n) is 4.13. The van der Waals surface area contributed by atoms with Crippen LogP contribution in [0.3, 0.4) is 0 Å². The van der Waals surface area contributed by atoms with Crippen LogP contribution in [0.5, 0.6) is 0 Å². The van der Waals surface area contributed by atoms with Gasteiger partial charge in [0.15, 0.2) is 0 Å². The summed E-state index contributed by atoms with van der Waals surface area (Å²) < 4.78 is 9.60. The molecule has 122 valence electrons. The average Bonchev–Trinajstić information content (AvgIpc) is 3.32. The predicted octanol–water partition coefficient (Wildman–Crippen LogP) is 2.33. The van der Waals surface area contributed by atoms with Crippen molar-refractivity contribution in [1.82, 2.24) is 18.5 Å². The largest absolute Gasteiger partial charge is 0.322 e. The number of fused-ring (bicyclic) bond motifs is 1. The molecule has 24 heavy (non-hydrogen) atoms. The highest BCUT2D eigenvalue weighted by molar-refractivity contribution is 7.00. The molecular formula is C16H15N5O2S. The molecule has 8 heteroatoms. The van der Waals surface area contributed by atoms with Gasteiger partial charge in [-0.2, -0.15) is 13.8 Å². The van der Waals surface area contributed by atoms with Crippen molar-refractivity contribution < 1.29 is 4.79 Å². The molecule has 1 amide bonds. The van der Waals surface area contributed by atoms with Crippen LogP contribution in [0.15, 0.2) is 35.1 Å². The van der Waals surface area contributed by atoms with E-state index < -0.39 is 6.04 Å². The van der Waals surface area contributed by atoms with Crippen LogP contribution in [0.2, 0.25) is 0 Å². The van der Waals surface area contributed by atoms with Crippen molar-refractivity contribution in [1.29, 1.82) is 0 Å². The molecule has 0 bridgehead atoms. The smallest absolute Gasteiger partial charge is 0.267 e. The number of hydrogen-bond acceptors (Lipinski definition) is 6. The molecule has 0 spiro atoms. The van der Waals surface area contributed by atoms with Crippen LogP contribution in [0.25, 0.3) is 11.0 Å². The summed E-state index contributed by atoms with van der Waals surface area (Å²) in [6.45, 7) is 1.67. The van der Waals surface area contributed by atoms with Crippen molar-refractivity contribution in [3.63, 3.8) is 0 Å². The van der Waals surface area contributed by atoms with Crippen LogP contribution >= 0.6 is 11.7 Å². The van der Waals surface area contributed by atoms with Gasteiger partial charge in [-0.25, -0.2) is 4.68 Å². The van der Waals surface area contributed by atoms with E-state index in [0.29, 0.717) is 17.1 Å². The highest BCUT2D eigenvalue weighted by Crippen LogP contribution is 2.38. The van der Waals surface area contributed by atoms with Crippen molar-refractivity contribution in [2.75, 3.05) is 5.32 Å². The monoisotopic (exact) mass is 341 g/mol. The van der Waals surface area contributed by atoms with E-state index in [1.807, 2.05) is 12.1 Å². The summed E-state index contributed by atoms with van der Waals surface area (Å²) in [6, 6.07) is 7.94. The van der Waals surface area contributed by atoms with E-state index >= 15 is 0 Å². The number of amides is 1. The average molecular weight is 341 g/mol. The van der Waals surface area contributed by atoms with E-state index in [1.54, 1.807) is 19.1 Å². The number of nitrogens with zero attached hydrogens (tertiary/aromatic N) is 4. The lowest BCUT2D eigenvalue weighted by Crippen LogP contribution is -2.33. The summed E-state index contributed by atoms with van der Waals surface area (Å²) in [5, 5.41) is 7.19. The maximum Gasteiger partial charge on any atom is 0.267 e. The number of anilines is 1. The molecule has 1 atom stereocenters. The van der Waals surface area contributed by atoms with Gasteiger partial charge in [-0.1, -0.05) is 6.07 Å². The number of nitrogens with one attached hydrogen (secondary N) is 1. The van der Waals surface area contributed by atoms with Gasteiger partial charge in [0.25, 0.3) is 5.56 Å². The Morgan fingerprint density at radius 2 is 2.12 bits per heavy atom. The summed E-state index contributed by atoms with van der Waals surface area (Å²) >= 11 is 1.09. The minimum Gasteiger partial charge on any atom is -0.322 e. The van der Waals surface area contributed by atoms with Gasteiger partial charge in [0.05, 0.1) is 23.1 Å². The molecule has 3 aromatic rings. The van der Waals surface area contributed by atoms with Gasteiger partial charge in [0.1, 0.15) is 17.1 Å². The van der Waals surface area contributed by atoms with Crippen LogP contribution in [0, 0.1) is 0 Å². The van der Waals surface area contributed by atoms with Gasteiger partial charge in [0.2, 0.25) is 5.91 Å². The summed E-state index contributed by atoms with van der Waals surface area (Å²) in [5.74, 6) is 0.111. The van der Waals surface area contributed by atoms with Crippen molar-refractivity contribution in [2.45, 2.75) is 31.7 Å². The fourth-order valence-corrected chi connectivity index (χ4v) is 3.12. The van der Waals surface area contributed by atoms with Gasteiger partial charge >= 0.3 is 0 Å². The molecule has 1 aromatic carbocycles. The second kappa shape index (κ2) is 5.79. The first-order chi connectivity index (χ1) is 11.6. The molecular weight excluding hydrogens is 326 g/mol. The molecule has 4 rings (SSSR count). The zero-order chi connectivity index (χ0) is 16.7. The van der Waals surface area contributed by atoms with Crippen LogP contribution in [0.1, 0.15) is 37.4 Å². The summed E-state index contributed by atoms with van der Waals surface area (Å²) in [5.41, 5.74) is 2.56. The molecule has 1 aliphatic carbocycles. The first kappa shape index (κ1) is 14.9. The van der Waals surface area contributed by atoms with Crippen molar-refractivity contribution in [3.8, 4) is 0 Å². The lowest BCUT2D eigenvalue weighted by atomic mass is 10.2. The Bertz CT molecular complexity index is 976. The zero-order valence-corrected chi connectivity index (χ0v) is 13.8. The minimum absolute atomic E-state index is 0.282. The maximum atomic E-state index is 12.6. The number of hydrogen-bond donors (Lipinski definition) is 1. The maximum absolute atomic E-state index is 12.6. The summed E-state index contributed by atoms with van der Waals surface area (Å²) in [7, 11) is 0. The fourth-order valence-electron chi connectivity index (χ4n) is 2.57. The lowest BCUT2D eigenvalue weighted by Gasteiger charge is -2.15. The Morgan fingerprint density at radius 3 is 2.92 bits per heavy atom. The summed E-state index contributed by atoms with van der Waals surface area (Å²) in [4.78, 5) is 24.7. The minimum atomic E-state index is -0.710. The Hall–Kier alpha value is -2.61. The van der Waals surface area contributed by atoms with Crippen LogP contribution in [0.4, 0.5) is 5.69 Å². The summed E-state index contributed by atoms with van der Waals surface area (Å²) in [6.07, 6.45) is 2.18. The molecule has 1 N–H and O–H groups in total. The van der Waals surface area contributed by atoms with Gasteiger partial charge in [-0.15, -0.1) is 0 Å². The van der Waals surface area contributed by atoms with Crippen molar-refractivity contribution in [3.05, 3.63) is 46.4 Å². The lowest BCUT2D eigenvalue weighted by molar-refractivity contribution is -0.119. The normalized spacial score (nSPS) is 15.4. The molecule has 2 heterocycles. The molecule has 7 nitrogen and oxygen atoms in total. The van der Waals surface area contributed by atoms with Crippen molar-refractivity contribution >= 4 is 34.4 Å². The highest BCUT2D eigenvalue weighted by Gasteiger charge is 2.27. The number of carbonyl (C=O) groups excluding carboxylic acids is 1. The Morgan fingerprint density at radius 1 is 1.29 bits per heavy atom. The third-order valence-corrected chi connectivity index (χ3v) is 4.67. The predicted molar refractivity (Wildman–Crippen MR) is 91.2 cm³/mol. The van der Waals surface area contributed by atoms with Gasteiger partial charge < -0.3 is 5.32 Å². The van der Waals surface area contributed by atoms with Crippen LogP contribution in [-0.2, 0) is 4.79 Å². The standard InChI is InChI=1S/C16H15N5O2S/c1-9(21-14(22)8-7-11(18-21)10-5-6-10)16(23)17-12-3-2-4-13-15(12)20-24-19-13/h2-4,7-10H,5-6H2,1H3,(H,17,23). The first-order valence-electron chi connectivity index (χ1n) is 7.75. The van der Waals surface area contributed by atoms with Gasteiger partial charge in [-0.05, 0) is 38.0 Å². The number of carbonyl (C=O) groups is 1. The molecule has 1 aliphatic rings. The SMILES string of the molecule is CC(C(=O)Nc1cccc2nsnc12)n1nc(C2CC2)ccc1=O. The Kier molecular flexibility index (Phi) is 3.61. The van der Waals surface area contributed by atoms with E-state index in [1.165, 1.54) is 10.7 Å². The quantitative estimate of drug-likeness (QED) is 0.786. The topological polar surface area (TPSA) is 89.8 Å². The highest BCUT2D eigenvalue weighted by atomic mass is 32.1. The number of rotatable bonds is 4. The van der Waals surface area contributed by atoms with Crippen LogP contribution < -0.4 is 10.9 Å². The van der Waals surface area contributed by atoms with E-state index in [0.717, 1.165) is 35.8 Å². The second-order valence-corrected chi connectivity index (χ2v) is 6.45.